The van der Waals surface area contributed by atoms with Gasteiger partial charge in [0.2, 0.25) is 11.8 Å². The number of para-hydroxylation sites is 1. The van der Waals surface area contributed by atoms with E-state index >= 15 is 0 Å². The average Bonchev–Trinajstić information content (AvgIpc) is 2.41. The molecule has 106 valence electrons. The molecule has 0 bridgehead atoms. The first kappa shape index (κ1) is 14.2. The topological polar surface area (TPSA) is 47.0 Å². The first-order valence-corrected chi connectivity index (χ1v) is 6.39. The summed E-state index contributed by atoms with van der Waals surface area (Å²) in [5.74, 6) is 0.239. The number of aromatic nitrogens is 2. The van der Waals surface area contributed by atoms with Gasteiger partial charge in [0.05, 0.1) is 6.20 Å². The van der Waals surface area contributed by atoms with Gasteiger partial charge in [-0.2, -0.15) is 9.37 Å². The van der Waals surface area contributed by atoms with E-state index in [1.807, 2.05) is 18.2 Å². The van der Waals surface area contributed by atoms with Crippen molar-refractivity contribution in [3.8, 4) is 11.6 Å². The zero-order valence-corrected chi connectivity index (χ0v) is 12.1. The number of hydrogen-bond donors (Lipinski definition) is 1. The highest BCUT2D eigenvalue weighted by Crippen LogP contribution is 2.34. The lowest BCUT2D eigenvalue weighted by molar-refractivity contribution is 0.406. The molecule has 2 aromatic rings. The quantitative estimate of drug-likeness (QED) is 0.926. The highest BCUT2D eigenvalue weighted by molar-refractivity contribution is 5.41. The van der Waals surface area contributed by atoms with Gasteiger partial charge >= 0.3 is 0 Å². The summed E-state index contributed by atoms with van der Waals surface area (Å²) in [5.41, 5.74) is 0.885. The molecule has 0 aliphatic carbocycles. The van der Waals surface area contributed by atoms with Gasteiger partial charge in [0.15, 0.2) is 0 Å². The number of ether oxygens (including phenoxy) is 1. The van der Waals surface area contributed by atoms with Crippen LogP contribution < -0.4 is 10.1 Å². The second kappa shape index (κ2) is 5.45. The van der Waals surface area contributed by atoms with Gasteiger partial charge in [0.1, 0.15) is 5.75 Å². The molecule has 0 saturated carbocycles. The summed E-state index contributed by atoms with van der Waals surface area (Å²) < 4.78 is 19.4. The lowest BCUT2D eigenvalue weighted by atomic mass is 9.86. The molecule has 1 aromatic carbocycles. The van der Waals surface area contributed by atoms with E-state index in [1.165, 1.54) is 0 Å². The van der Waals surface area contributed by atoms with Gasteiger partial charge in [0.25, 0.3) is 5.88 Å². The van der Waals surface area contributed by atoms with Crippen molar-refractivity contribution < 1.29 is 9.13 Å². The van der Waals surface area contributed by atoms with Crippen LogP contribution in [0.15, 0.2) is 30.5 Å². The van der Waals surface area contributed by atoms with Gasteiger partial charge in [-0.15, -0.1) is 0 Å². The molecule has 0 saturated heterocycles. The fourth-order valence-corrected chi connectivity index (χ4v) is 1.82. The van der Waals surface area contributed by atoms with Crippen LogP contribution in [0.25, 0.3) is 0 Å². The van der Waals surface area contributed by atoms with E-state index in [2.05, 4.69) is 36.1 Å². The molecule has 20 heavy (non-hydrogen) atoms. The van der Waals surface area contributed by atoms with E-state index in [1.54, 1.807) is 13.1 Å². The highest BCUT2D eigenvalue weighted by atomic mass is 19.1. The summed E-state index contributed by atoms with van der Waals surface area (Å²) in [6.45, 7) is 6.22. The summed E-state index contributed by atoms with van der Waals surface area (Å²) in [6, 6.07) is 7.56. The predicted molar refractivity (Wildman–Crippen MR) is 76.8 cm³/mol. The number of nitrogens with zero attached hydrogens (tertiary/aromatic N) is 2. The molecular formula is C15H18FN3O. The Morgan fingerprint density at radius 3 is 2.55 bits per heavy atom. The van der Waals surface area contributed by atoms with Crippen LogP contribution in [0.1, 0.15) is 26.3 Å². The maximum Gasteiger partial charge on any atom is 0.260 e. The Balaban J connectivity index is 2.40. The third-order valence-electron chi connectivity index (χ3n) is 2.84. The van der Waals surface area contributed by atoms with E-state index in [4.69, 9.17) is 4.74 Å². The molecule has 0 aliphatic heterocycles. The second-order valence-electron chi connectivity index (χ2n) is 5.44. The first-order chi connectivity index (χ1) is 9.41. The maximum absolute atomic E-state index is 13.7. The SMILES string of the molecule is CNc1ncc(F)c(Oc2ccccc2C(C)(C)C)n1. The third kappa shape index (κ3) is 3.04. The van der Waals surface area contributed by atoms with Crippen molar-refractivity contribution in [3.63, 3.8) is 0 Å². The molecule has 1 aromatic heterocycles. The fraction of sp³-hybridized carbons (Fsp3) is 0.333. The van der Waals surface area contributed by atoms with Crippen molar-refractivity contribution in [3.05, 3.63) is 41.8 Å². The minimum atomic E-state index is -0.590. The van der Waals surface area contributed by atoms with Crippen LogP contribution in [0.3, 0.4) is 0 Å². The van der Waals surface area contributed by atoms with E-state index in [0.29, 0.717) is 11.7 Å². The monoisotopic (exact) mass is 275 g/mol. The molecular weight excluding hydrogens is 257 g/mol. The summed E-state index contributed by atoms with van der Waals surface area (Å²) >= 11 is 0. The molecule has 1 N–H and O–H groups in total. The molecule has 0 aliphatic rings. The average molecular weight is 275 g/mol. The first-order valence-electron chi connectivity index (χ1n) is 6.39. The third-order valence-corrected chi connectivity index (χ3v) is 2.84. The number of hydrogen-bond acceptors (Lipinski definition) is 4. The zero-order valence-electron chi connectivity index (χ0n) is 12.1. The molecule has 0 amide bonds. The van der Waals surface area contributed by atoms with Crippen LogP contribution in [0, 0.1) is 5.82 Å². The maximum atomic E-state index is 13.7. The van der Waals surface area contributed by atoms with Crippen molar-refractivity contribution in [2.24, 2.45) is 0 Å². The zero-order chi connectivity index (χ0) is 14.8. The summed E-state index contributed by atoms with van der Waals surface area (Å²) in [5, 5.41) is 2.76. The molecule has 0 spiro atoms. The van der Waals surface area contributed by atoms with Gasteiger partial charge in [-0.25, -0.2) is 4.98 Å². The molecule has 5 heteroatoms. The van der Waals surface area contributed by atoms with Crippen molar-refractivity contribution >= 4 is 5.95 Å². The molecule has 4 nitrogen and oxygen atoms in total. The number of benzene rings is 1. The Bertz CT molecular complexity index is 608. The smallest absolute Gasteiger partial charge is 0.260 e. The van der Waals surface area contributed by atoms with Crippen molar-refractivity contribution in [2.45, 2.75) is 26.2 Å². The molecule has 1 heterocycles. The van der Waals surface area contributed by atoms with Crippen LogP contribution in [-0.4, -0.2) is 17.0 Å². The molecule has 0 atom stereocenters. The van der Waals surface area contributed by atoms with Crippen molar-refractivity contribution in [1.82, 2.24) is 9.97 Å². The van der Waals surface area contributed by atoms with Gasteiger partial charge in [-0.05, 0) is 11.5 Å². The van der Waals surface area contributed by atoms with Crippen LogP contribution >= 0.6 is 0 Å². The van der Waals surface area contributed by atoms with Crippen LogP contribution in [0.5, 0.6) is 11.6 Å². The van der Waals surface area contributed by atoms with Crippen LogP contribution in [-0.2, 0) is 5.41 Å². The number of halogens is 1. The number of nitrogens with one attached hydrogen (secondary N) is 1. The Hall–Kier alpha value is -2.17. The normalized spacial score (nSPS) is 11.2. The fourth-order valence-electron chi connectivity index (χ4n) is 1.82. The minimum absolute atomic E-state index is 0.0824. The molecule has 0 fully saturated rings. The Morgan fingerprint density at radius 2 is 1.90 bits per heavy atom. The standard InChI is InChI=1S/C15H18FN3O/c1-15(2,3)10-7-5-6-8-12(10)20-13-11(16)9-18-14(17-4)19-13/h5-9H,1-4H3,(H,17,18,19). The Labute approximate surface area is 118 Å². The summed E-state index contributed by atoms with van der Waals surface area (Å²) in [6.07, 6.45) is 1.09. The van der Waals surface area contributed by atoms with Gasteiger partial charge in [-0.3, -0.25) is 0 Å². The number of rotatable bonds is 3. The Kier molecular flexibility index (Phi) is 3.88. The van der Waals surface area contributed by atoms with Gasteiger partial charge in [-0.1, -0.05) is 39.0 Å². The van der Waals surface area contributed by atoms with E-state index in [-0.39, 0.29) is 11.3 Å². The Morgan fingerprint density at radius 1 is 1.20 bits per heavy atom. The largest absolute Gasteiger partial charge is 0.436 e. The summed E-state index contributed by atoms with van der Waals surface area (Å²) in [4.78, 5) is 7.78. The second-order valence-corrected chi connectivity index (χ2v) is 5.44. The lowest BCUT2D eigenvalue weighted by Gasteiger charge is -2.22. The van der Waals surface area contributed by atoms with Gasteiger partial charge < -0.3 is 10.1 Å². The molecule has 2 rings (SSSR count). The van der Waals surface area contributed by atoms with Gasteiger partial charge in [0, 0.05) is 12.6 Å². The molecule has 0 unspecified atom stereocenters. The summed E-state index contributed by atoms with van der Waals surface area (Å²) in [7, 11) is 1.67. The molecule has 0 radical (unpaired) electrons. The minimum Gasteiger partial charge on any atom is -0.436 e. The van der Waals surface area contributed by atoms with E-state index in [0.717, 1.165) is 11.8 Å². The number of anilines is 1. The van der Waals surface area contributed by atoms with Crippen molar-refractivity contribution in [2.75, 3.05) is 12.4 Å². The van der Waals surface area contributed by atoms with Crippen LogP contribution in [0.2, 0.25) is 0 Å². The van der Waals surface area contributed by atoms with E-state index in [9.17, 15) is 4.39 Å². The van der Waals surface area contributed by atoms with Crippen molar-refractivity contribution in [1.29, 1.82) is 0 Å². The highest BCUT2D eigenvalue weighted by Gasteiger charge is 2.20. The van der Waals surface area contributed by atoms with Crippen LogP contribution in [0.4, 0.5) is 10.3 Å². The van der Waals surface area contributed by atoms with E-state index < -0.39 is 5.82 Å². The predicted octanol–water partition coefficient (Wildman–Crippen LogP) is 3.75. The lowest BCUT2D eigenvalue weighted by Crippen LogP contribution is -2.12.